The Hall–Kier alpha value is -3.94. The van der Waals surface area contributed by atoms with Crippen LogP contribution in [0.25, 0.3) is 21.5 Å². The number of aliphatic hydroxyl groups is 2. The quantitative estimate of drug-likeness (QED) is 0.0987. The number of alkyl halides is 6. The first kappa shape index (κ1) is 33.3. The molecule has 0 fully saturated rings. The molecule has 0 aliphatic rings. The molecule has 41 heavy (non-hydrogen) atoms. The van der Waals surface area contributed by atoms with Crippen molar-refractivity contribution in [3.8, 4) is 0 Å². The van der Waals surface area contributed by atoms with E-state index in [2.05, 4.69) is 9.98 Å². The summed E-state index contributed by atoms with van der Waals surface area (Å²) in [5, 5.41) is 21.4. The van der Waals surface area contributed by atoms with Crippen LogP contribution in [0, 0.1) is 0 Å². The van der Waals surface area contributed by atoms with E-state index in [1.165, 1.54) is 13.8 Å². The summed E-state index contributed by atoms with van der Waals surface area (Å²) in [5.41, 5.74) is 1.28. The van der Waals surface area contributed by atoms with Crippen molar-refractivity contribution in [2.45, 2.75) is 26.2 Å². The molecule has 0 saturated heterocycles. The molecular weight excluding hydrogens is 641 g/mol. The van der Waals surface area contributed by atoms with Crippen LogP contribution in [-0.2, 0) is 20.4 Å². The van der Waals surface area contributed by atoms with Gasteiger partial charge in [-0.3, -0.25) is 9.98 Å². The third-order valence-corrected chi connectivity index (χ3v) is 5.40. The molecule has 4 rings (SSSR count). The van der Waals surface area contributed by atoms with E-state index in [0.29, 0.717) is 23.5 Å². The summed E-state index contributed by atoms with van der Waals surface area (Å²) in [6.07, 6.45) is -8.28. The summed E-state index contributed by atoms with van der Waals surface area (Å²) in [5.74, 6) is -3.31. The molecule has 0 aromatic heterocycles. The van der Waals surface area contributed by atoms with Crippen molar-refractivity contribution in [1.29, 1.82) is 0 Å². The second kappa shape index (κ2) is 14.1. The van der Waals surface area contributed by atoms with Gasteiger partial charge in [-0.05, 0) is 36.8 Å². The van der Waals surface area contributed by atoms with E-state index in [9.17, 15) is 26.3 Å². The van der Waals surface area contributed by atoms with Crippen LogP contribution in [0.5, 0.6) is 0 Å². The molecule has 11 heteroatoms. The number of hydrogen-bond acceptors (Lipinski definition) is 4. The summed E-state index contributed by atoms with van der Waals surface area (Å²) in [6.45, 7) is 2.81. The van der Waals surface area contributed by atoms with Crippen LogP contribution in [-0.4, -0.2) is 34.0 Å². The van der Waals surface area contributed by atoms with Gasteiger partial charge >= 0.3 is 12.4 Å². The number of aliphatic imine (C=N–C) groups is 2. The first-order valence-corrected chi connectivity index (χ1v) is 11.8. The van der Waals surface area contributed by atoms with Crippen LogP contribution in [0.3, 0.4) is 0 Å². The number of allylic oxidation sites excluding steroid dienone is 4. The fourth-order valence-electron chi connectivity index (χ4n) is 3.62. The van der Waals surface area contributed by atoms with Gasteiger partial charge in [0.25, 0.3) is 0 Å². The standard InChI is InChI=1S/2C15H12F3NO.Pd/c2*1-10(9-14(20)15(16,17)18)19-13-8-4-6-11-5-2-3-7-12(11)13;/h2*2-9,20H,1H3;/b2*14-9-,19-10?;. The van der Waals surface area contributed by atoms with Crippen LogP contribution in [0.2, 0.25) is 0 Å². The average molecular weight is 665 g/mol. The molecule has 0 radical (unpaired) electrons. The Morgan fingerprint density at radius 3 is 1.22 bits per heavy atom. The predicted octanol–water partition coefficient (Wildman–Crippen LogP) is 9.87. The second-order valence-corrected chi connectivity index (χ2v) is 8.56. The first-order valence-electron chi connectivity index (χ1n) is 11.8. The van der Waals surface area contributed by atoms with Gasteiger partial charge in [0.15, 0.2) is 11.5 Å². The Labute approximate surface area is 245 Å². The molecule has 0 saturated carbocycles. The van der Waals surface area contributed by atoms with Gasteiger partial charge in [-0.2, -0.15) is 26.3 Å². The van der Waals surface area contributed by atoms with Crippen LogP contribution >= 0.6 is 0 Å². The number of rotatable bonds is 4. The maximum atomic E-state index is 12.2. The zero-order valence-corrected chi connectivity index (χ0v) is 23.2. The number of halogens is 6. The Morgan fingerprint density at radius 1 is 0.561 bits per heavy atom. The topological polar surface area (TPSA) is 65.2 Å². The summed E-state index contributed by atoms with van der Waals surface area (Å²) >= 11 is 0. The molecule has 0 bridgehead atoms. The molecule has 0 aliphatic heterocycles. The van der Waals surface area contributed by atoms with E-state index in [-0.39, 0.29) is 31.8 Å². The Kier molecular flexibility index (Phi) is 11.4. The van der Waals surface area contributed by atoms with Crippen molar-refractivity contribution in [2.24, 2.45) is 9.98 Å². The predicted molar refractivity (Wildman–Crippen MR) is 147 cm³/mol. The summed E-state index contributed by atoms with van der Waals surface area (Å²) in [6, 6.07) is 25.7. The molecule has 0 spiro atoms. The van der Waals surface area contributed by atoms with Crippen molar-refractivity contribution < 1.29 is 57.0 Å². The number of benzene rings is 4. The summed E-state index contributed by atoms with van der Waals surface area (Å²) < 4.78 is 73.4. The third-order valence-electron chi connectivity index (χ3n) is 5.40. The number of fused-ring (bicyclic) bond motifs is 2. The first-order chi connectivity index (χ1) is 18.8. The van der Waals surface area contributed by atoms with E-state index < -0.39 is 23.9 Å². The minimum atomic E-state index is -4.75. The molecule has 218 valence electrons. The van der Waals surface area contributed by atoms with Crippen LogP contribution in [0.15, 0.2) is 119 Å². The molecular formula is C30H24F6N2O2Pd. The van der Waals surface area contributed by atoms with Gasteiger partial charge in [-0.25, -0.2) is 0 Å². The van der Waals surface area contributed by atoms with E-state index >= 15 is 0 Å². The van der Waals surface area contributed by atoms with Gasteiger partial charge in [0, 0.05) is 54.8 Å². The van der Waals surface area contributed by atoms with Gasteiger partial charge < -0.3 is 10.2 Å². The number of hydrogen-bond donors (Lipinski definition) is 2. The van der Waals surface area contributed by atoms with Gasteiger partial charge in [0.1, 0.15) is 0 Å². The fraction of sp³-hybridized carbons (Fsp3) is 0.133. The molecule has 4 nitrogen and oxygen atoms in total. The molecule has 0 aliphatic carbocycles. The van der Waals surface area contributed by atoms with Crippen LogP contribution in [0.1, 0.15) is 13.8 Å². The normalized spacial score (nSPS) is 13.5. The largest absolute Gasteiger partial charge is 0.504 e. The van der Waals surface area contributed by atoms with E-state index in [0.717, 1.165) is 21.5 Å². The van der Waals surface area contributed by atoms with E-state index in [4.69, 9.17) is 10.2 Å². The molecule has 2 N–H and O–H groups in total. The minimum Gasteiger partial charge on any atom is -0.504 e. The maximum Gasteiger partial charge on any atom is 0.448 e. The summed E-state index contributed by atoms with van der Waals surface area (Å²) in [7, 11) is 0. The SMILES string of the molecule is CC(/C=C(\O)C(F)(F)F)=Nc1cccc2ccccc12.CC(/C=C(\O)C(F)(F)F)=Nc1cccc2ccccc12.[Pd]. The minimum absolute atomic E-state index is 0. The third kappa shape index (κ3) is 9.59. The number of nitrogens with zero attached hydrogens (tertiary/aromatic N) is 2. The average Bonchev–Trinajstić information content (AvgIpc) is 2.88. The number of aliphatic hydroxyl groups excluding tert-OH is 2. The fourth-order valence-corrected chi connectivity index (χ4v) is 3.62. The maximum absolute atomic E-state index is 12.2. The molecule has 0 atom stereocenters. The van der Waals surface area contributed by atoms with Crippen molar-refractivity contribution in [2.75, 3.05) is 0 Å². The second-order valence-electron chi connectivity index (χ2n) is 8.56. The Bertz CT molecular complexity index is 1490. The van der Waals surface area contributed by atoms with Crippen molar-refractivity contribution in [1.82, 2.24) is 0 Å². The monoisotopic (exact) mass is 664 g/mol. The van der Waals surface area contributed by atoms with Crippen molar-refractivity contribution >= 4 is 44.3 Å². The molecule has 0 heterocycles. The van der Waals surface area contributed by atoms with Crippen LogP contribution in [0.4, 0.5) is 37.7 Å². The van der Waals surface area contributed by atoms with Gasteiger partial charge in [-0.1, -0.05) is 72.8 Å². The zero-order chi connectivity index (χ0) is 29.5. The molecule has 4 aromatic carbocycles. The molecule has 4 aromatic rings. The van der Waals surface area contributed by atoms with E-state index in [1.54, 1.807) is 24.3 Å². The van der Waals surface area contributed by atoms with Crippen molar-refractivity contribution in [3.05, 3.63) is 109 Å². The van der Waals surface area contributed by atoms with Gasteiger partial charge in [-0.15, -0.1) is 0 Å². The molecule has 0 unspecified atom stereocenters. The summed E-state index contributed by atoms with van der Waals surface area (Å²) in [4.78, 5) is 8.24. The zero-order valence-electron chi connectivity index (χ0n) is 21.6. The van der Waals surface area contributed by atoms with Crippen LogP contribution < -0.4 is 0 Å². The smallest absolute Gasteiger partial charge is 0.448 e. The molecule has 0 amide bonds. The van der Waals surface area contributed by atoms with Gasteiger partial charge in [0.05, 0.1) is 11.4 Å². The van der Waals surface area contributed by atoms with Crippen molar-refractivity contribution in [3.63, 3.8) is 0 Å². The Morgan fingerprint density at radius 2 is 0.878 bits per heavy atom. The Balaban J connectivity index is 0.000000280. The van der Waals surface area contributed by atoms with Gasteiger partial charge in [0.2, 0.25) is 0 Å². The van der Waals surface area contributed by atoms with E-state index in [1.807, 2.05) is 60.7 Å².